The molecule has 0 amide bonds. The summed E-state index contributed by atoms with van der Waals surface area (Å²) in [7, 11) is 0. The fraction of sp³-hybridized carbons (Fsp3) is 0.167. The summed E-state index contributed by atoms with van der Waals surface area (Å²) in [6, 6.07) is 17.8. The number of fused-ring (bicyclic) bond motifs is 3. The van der Waals surface area contributed by atoms with Gasteiger partial charge in [-0.1, -0.05) is 0 Å². The molecule has 1 aliphatic carbocycles. The fourth-order valence-corrected chi connectivity index (χ4v) is 9.41. The summed E-state index contributed by atoms with van der Waals surface area (Å²) in [6.45, 7) is 4.22. The maximum atomic E-state index is 4.83. The zero-order valence-corrected chi connectivity index (χ0v) is 16.3. The molecule has 107 valence electrons. The van der Waals surface area contributed by atoms with Gasteiger partial charge >= 0.3 is 147 Å². The van der Waals surface area contributed by atoms with Crippen molar-refractivity contribution in [1.29, 1.82) is 0 Å². The van der Waals surface area contributed by atoms with Gasteiger partial charge in [0.15, 0.2) is 0 Å². The molecule has 4 heteroatoms. The minimum absolute atomic E-state index is 0.551. The van der Waals surface area contributed by atoms with Gasteiger partial charge in [0.2, 0.25) is 0 Å². The molecule has 0 saturated carbocycles. The van der Waals surface area contributed by atoms with Crippen LogP contribution < -0.4 is 5.45 Å². The monoisotopic (exact) mass is 379 g/mol. The molecule has 2 aromatic carbocycles. The van der Waals surface area contributed by atoms with Crippen molar-refractivity contribution in [2.24, 2.45) is 0 Å². The predicted octanol–water partition coefficient (Wildman–Crippen LogP) is 2.86. The second kappa shape index (κ2) is 5.43. The van der Waals surface area contributed by atoms with E-state index in [4.69, 9.17) is 4.98 Å². The van der Waals surface area contributed by atoms with Gasteiger partial charge < -0.3 is 0 Å². The zero-order valence-electron chi connectivity index (χ0n) is 12.7. The number of aromatic nitrogens is 2. The number of aromatic amines is 1. The summed E-state index contributed by atoms with van der Waals surface area (Å²) in [5, 5.41) is 0. The normalized spacial score (nSPS) is 14.6. The third-order valence-electron chi connectivity index (χ3n) is 4.66. The van der Waals surface area contributed by atoms with Crippen LogP contribution in [0.1, 0.15) is 28.1 Å². The van der Waals surface area contributed by atoms with Crippen LogP contribution in [0, 0.1) is 13.8 Å². The van der Waals surface area contributed by atoms with Crippen molar-refractivity contribution in [3.05, 3.63) is 71.0 Å². The average molecular weight is 381 g/mol. The zero-order chi connectivity index (χ0) is 15.3. The van der Waals surface area contributed by atoms with Crippen LogP contribution in [0.4, 0.5) is 0 Å². The molecule has 1 aromatic heterocycles. The van der Waals surface area contributed by atoms with Gasteiger partial charge in [0.1, 0.15) is 0 Å². The van der Waals surface area contributed by atoms with Gasteiger partial charge in [-0.05, 0) is 0 Å². The first-order valence-corrected chi connectivity index (χ1v) is 13.7. The van der Waals surface area contributed by atoms with E-state index < -0.39 is 5.92 Å². The quantitative estimate of drug-likeness (QED) is 0.681. The van der Waals surface area contributed by atoms with E-state index in [1.807, 2.05) is 0 Å². The van der Waals surface area contributed by atoms with Crippen LogP contribution in [0.15, 0.2) is 48.5 Å². The van der Waals surface area contributed by atoms with Gasteiger partial charge in [0.25, 0.3) is 0 Å². The minimum atomic E-state index is -1.17. The number of imidazole rings is 1. The predicted molar refractivity (Wildman–Crippen MR) is 88.6 cm³/mol. The van der Waals surface area contributed by atoms with Gasteiger partial charge in [0.05, 0.1) is 0 Å². The topological polar surface area (TPSA) is 28.7 Å². The first-order valence-electron chi connectivity index (χ1n) is 7.59. The Bertz CT molecular complexity index is 791. The van der Waals surface area contributed by atoms with Gasteiger partial charge in [-0.15, -0.1) is 0 Å². The summed E-state index contributed by atoms with van der Waals surface area (Å²) in [5.74, 6) is -1.17. The Morgan fingerprint density at radius 1 is 0.955 bits per heavy atom. The standard InChI is InChI=1S/C18H17N2Si.Zr/c1-11-12(2)20-18(19-11)21-17-15-9-5-3-7-13(15)14-8-4-6-10-16(14)17;/h3-10,17,21H,1-2H3,(H,19,20);. The summed E-state index contributed by atoms with van der Waals surface area (Å²) < 4.78 is 0. The molecule has 0 fully saturated rings. The van der Waals surface area contributed by atoms with Crippen molar-refractivity contribution in [1.82, 2.24) is 9.97 Å². The molecule has 0 aliphatic heterocycles. The van der Waals surface area contributed by atoms with Gasteiger partial charge in [-0.25, -0.2) is 0 Å². The number of nitrogens with zero attached hydrogens (tertiary/aromatic N) is 1. The number of rotatable bonds is 2. The third kappa shape index (κ3) is 2.12. The second-order valence-corrected chi connectivity index (χ2v) is 12.7. The fourth-order valence-electron chi connectivity index (χ4n) is 3.43. The molecule has 1 aliphatic rings. The van der Waals surface area contributed by atoms with E-state index in [0.717, 1.165) is 5.69 Å². The molecular formula is C18H17N2SiZr. The van der Waals surface area contributed by atoms with Crippen LogP contribution in [0.5, 0.6) is 0 Å². The average Bonchev–Trinajstić information content (AvgIpc) is 3.05. The number of aryl methyl sites for hydroxylation is 2. The van der Waals surface area contributed by atoms with Gasteiger partial charge in [0, 0.05) is 0 Å². The Morgan fingerprint density at radius 3 is 2.00 bits per heavy atom. The number of hydrogen-bond acceptors (Lipinski definition) is 1. The van der Waals surface area contributed by atoms with Gasteiger partial charge in [-0.3, -0.25) is 0 Å². The molecule has 1 atom stereocenters. The van der Waals surface area contributed by atoms with E-state index >= 15 is 0 Å². The Morgan fingerprint density at radius 2 is 1.50 bits per heavy atom. The molecule has 4 rings (SSSR count). The molecule has 22 heavy (non-hydrogen) atoms. The molecule has 1 unspecified atom stereocenters. The summed E-state index contributed by atoms with van der Waals surface area (Å²) in [6.07, 6.45) is 0. The number of hydrogen-bond donors (Lipinski definition) is 1. The van der Waals surface area contributed by atoms with E-state index in [1.54, 1.807) is 23.9 Å². The third-order valence-corrected chi connectivity index (χ3v) is 11.4. The Hall–Kier alpha value is -1.25. The van der Waals surface area contributed by atoms with Crippen LogP contribution in [0.3, 0.4) is 0 Å². The number of benzene rings is 2. The molecular weight excluding hydrogens is 364 g/mol. The Balaban J connectivity index is 1.87. The molecule has 1 heterocycles. The van der Waals surface area contributed by atoms with Gasteiger partial charge in [-0.2, -0.15) is 0 Å². The van der Waals surface area contributed by atoms with Crippen molar-refractivity contribution in [2.75, 3.05) is 0 Å². The molecule has 0 spiro atoms. The van der Waals surface area contributed by atoms with Crippen LogP contribution in [0.25, 0.3) is 11.1 Å². The van der Waals surface area contributed by atoms with E-state index in [2.05, 4.69) is 67.4 Å². The second-order valence-electron chi connectivity index (χ2n) is 5.96. The molecule has 1 N–H and O–H groups in total. The molecule has 0 saturated heterocycles. The van der Waals surface area contributed by atoms with Crippen LogP contribution >= 0.6 is 0 Å². The van der Waals surface area contributed by atoms with E-state index in [0.29, 0.717) is 5.54 Å². The Labute approximate surface area is 146 Å². The summed E-state index contributed by atoms with van der Waals surface area (Å²) >= 11 is 1.64. The Kier molecular flexibility index (Phi) is 3.54. The van der Waals surface area contributed by atoms with E-state index in [-0.39, 0.29) is 0 Å². The molecule has 0 bridgehead atoms. The maximum absolute atomic E-state index is 4.83. The first-order chi connectivity index (χ1) is 10.7. The number of nitrogens with one attached hydrogen (secondary N) is 1. The van der Waals surface area contributed by atoms with Crippen LogP contribution in [-0.4, -0.2) is 15.9 Å². The van der Waals surface area contributed by atoms with Crippen molar-refractivity contribution >= 4 is 11.4 Å². The first kappa shape index (κ1) is 14.3. The van der Waals surface area contributed by atoms with Crippen molar-refractivity contribution in [3.63, 3.8) is 0 Å². The SMILES string of the molecule is Cc1nc([SiH]([Zr])C2c3ccccc3-c3ccccc32)[nH]c1C. The van der Waals surface area contributed by atoms with Crippen LogP contribution in [-0.2, 0) is 23.9 Å². The molecule has 0 radical (unpaired) electrons. The van der Waals surface area contributed by atoms with E-state index in [1.165, 1.54) is 33.4 Å². The van der Waals surface area contributed by atoms with Crippen molar-refractivity contribution < 1.29 is 23.9 Å². The summed E-state index contributed by atoms with van der Waals surface area (Å²) in [5.41, 5.74) is 10.0. The van der Waals surface area contributed by atoms with Crippen LogP contribution in [0.2, 0.25) is 0 Å². The molecule has 3 aromatic rings. The van der Waals surface area contributed by atoms with Crippen molar-refractivity contribution in [3.8, 4) is 11.1 Å². The molecule has 2 nitrogen and oxygen atoms in total. The summed E-state index contributed by atoms with van der Waals surface area (Å²) in [4.78, 5) is 8.38. The van der Waals surface area contributed by atoms with E-state index in [9.17, 15) is 0 Å². The number of H-pyrrole nitrogens is 1. The van der Waals surface area contributed by atoms with Crippen molar-refractivity contribution in [2.45, 2.75) is 19.4 Å².